The van der Waals surface area contributed by atoms with Crippen LogP contribution in [0.15, 0.2) is 53.9 Å². The molecule has 28 heavy (non-hydrogen) atoms. The number of benzene rings is 2. The first-order valence-electron chi connectivity index (χ1n) is 9.57. The van der Waals surface area contributed by atoms with Crippen LogP contribution >= 0.6 is 11.3 Å². The maximum atomic E-state index is 4.91. The van der Waals surface area contributed by atoms with Gasteiger partial charge in [0.25, 0.3) is 0 Å². The number of aryl methyl sites for hydroxylation is 1. The summed E-state index contributed by atoms with van der Waals surface area (Å²) in [5.41, 5.74) is 4.99. The van der Waals surface area contributed by atoms with Gasteiger partial charge in [-0.25, -0.2) is 15.0 Å². The average Bonchev–Trinajstić information content (AvgIpc) is 3.40. The zero-order valence-corrected chi connectivity index (χ0v) is 16.5. The largest absolute Gasteiger partial charge is 0.354 e. The van der Waals surface area contributed by atoms with Crippen molar-refractivity contribution >= 4 is 39.7 Å². The van der Waals surface area contributed by atoms with Crippen molar-refractivity contribution in [2.75, 3.05) is 23.3 Å². The fourth-order valence-electron chi connectivity index (χ4n) is 3.58. The molecule has 5 rings (SSSR count). The molecule has 4 aromatic rings. The third-order valence-electron chi connectivity index (χ3n) is 5.02. The molecule has 3 heterocycles. The monoisotopic (exact) mass is 387 g/mol. The van der Waals surface area contributed by atoms with Crippen molar-refractivity contribution in [3.05, 3.63) is 58.9 Å². The van der Waals surface area contributed by atoms with E-state index in [1.807, 2.05) is 31.2 Å². The minimum Gasteiger partial charge on any atom is -0.354 e. The van der Waals surface area contributed by atoms with Gasteiger partial charge in [-0.15, -0.1) is 11.3 Å². The number of hydrogen-bond donors (Lipinski definition) is 1. The number of thiazole rings is 1. The van der Waals surface area contributed by atoms with Gasteiger partial charge in [-0.3, -0.25) is 0 Å². The normalized spacial score (nSPS) is 14.0. The highest BCUT2D eigenvalue weighted by Crippen LogP contribution is 2.31. The average molecular weight is 388 g/mol. The molecule has 5 nitrogen and oxygen atoms in total. The Bertz CT molecular complexity index is 1110. The van der Waals surface area contributed by atoms with Gasteiger partial charge in [0.15, 0.2) is 11.6 Å². The molecular weight excluding hydrogens is 366 g/mol. The van der Waals surface area contributed by atoms with Crippen LogP contribution in [0.1, 0.15) is 17.8 Å². The van der Waals surface area contributed by atoms with E-state index in [4.69, 9.17) is 9.97 Å². The first kappa shape index (κ1) is 17.1. The lowest BCUT2D eigenvalue weighted by molar-refractivity contribution is 0.939. The van der Waals surface area contributed by atoms with Crippen molar-refractivity contribution in [2.24, 2.45) is 0 Å². The van der Waals surface area contributed by atoms with E-state index in [1.165, 1.54) is 12.8 Å². The summed E-state index contributed by atoms with van der Waals surface area (Å²) in [5, 5.41) is 6.67. The van der Waals surface area contributed by atoms with Gasteiger partial charge in [0.1, 0.15) is 0 Å². The number of fused-ring (bicyclic) bond motifs is 1. The molecule has 0 unspecified atom stereocenters. The fraction of sp³-hybridized carbons (Fsp3) is 0.227. The number of aromatic nitrogens is 3. The van der Waals surface area contributed by atoms with Gasteiger partial charge in [-0.2, -0.15) is 0 Å². The van der Waals surface area contributed by atoms with Crippen LogP contribution in [-0.4, -0.2) is 28.0 Å². The zero-order chi connectivity index (χ0) is 18.9. The van der Waals surface area contributed by atoms with Crippen molar-refractivity contribution in [3.63, 3.8) is 0 Å². The Labute approximate surface area is 168 Å². The number of hydrogen-bond acceptors (Lipinski definition) is 6. The van der Waals surface area contributed by atoms with Gasteiger partial charge in [0, 0.05) is 29.7 Å². The van der Waals surface area contributed by atoms with Crippen LogP contribution in [0.2, 0.25) is 0 Å². The minimum atomic E-state index is 0.817. The highest BCUT2D eigenvalue weighted by molar-refractivity contribution is 7.09. The highest BCUT2D eigenvalue weighted by atomic mass is 32.1. The van der Waals surface area contributed by atoms with Crippen molar-refractivity contribution in [1.29, 1.82) is 0 Å². The molecule has 0 bridgehead atoms. The fourth-order valence-corrected chi connectivity index (χ4v) is 4.20. The maximum absolute atomic E-state index is 4.91. The van der Waals surface area contributed by atoms with Crippen LogP contribution < -0.4 is 10.2 Å². The summed E-state index contributed by atoms with van der Waals surface area (Å²) in [6, 6.07) is 16.4. The first-order chi connectivity index (χ1) is 13.8. The summed E-state index contributed by atoms with van der Waals surface area (Å²) in [7, 11) is 0. The van der Waals surface area contributed by atoms with Gasteiger partial charge < -0.3 is 10.2 Å². The van der Waals surface area contributed by atoms with Crippen molar-refractivity contribution in [1.82, 2.24) is 15.0 Å². The summed E-state index contributed by atoms with van der Waals surface area (Å²) in [6.45, 7) is 4.09. The summed E-state index contributed by atoms with van der Waals surface area (Å²) in [4.78, 5) is 16.7. The molecule has 0 radical (unpaired) electrons. The maximum Gasteiger partial charge on any atom is 0.174 e. The summed E-state index contributed by atoms with van der Waals surface area (Å²) < 4.78 is 0. The molecule has 1 N–H and O–H groups in total. The second-order valence-corrected chi connectivity index (χ2v) is 8.10. The standard InChI is InChI=1S/C22H21N5S/c1-15-23-20(14-28-15)16-8-10-17(11-9-16)24-21-22(27-12-4-5-13-27)26-19-7-3-2-6-18(19)25-21/h2-3,6-11,14H,4-5,12-13H2,1H3,(H,24,25). The smallest absolute Gasteiger partial charge is 0.174 e. The quantitative estimate of drug-likeness (QED) is 0.508. The Morgan fingerprint density at radius 3 is 2.29 bits per heavy atom. The van der Waals surface area contributed by atoms with E-state index < -0.39 is 0 Å². The van der Waals surface area contributed by atoms with Crippen molar-refractivity contribution < 1.29 is 0 Å². The van der Waals surface area contributed by atoms with Crippen molar-refractivity contribution in [2.45, 2.75) is 19.8 Å². The van der Waals surface area contributed by atoms with Gasteiger partial charge in [-0.1, -0.05) is 24.3 Å². The lowest BCUT2D eigenvalue weighted by Crippen LogP contribution is -2.21. The third kappa shape index (κ3) is 3.31. The molecule has 2 aromatic carbocycles. The van der Waals surface area contributed by atoms with Gasteiger partial charge in [0.05, 0.1) is 21.7 Å². The summed E-state index contributed by atoms with van der Waals surface area (Å²) in [6.07, 6.45) is 2.41. The van der Waals surface area contributed by atoms with E-state index in [2.05, 4.69) is 44.8 Å². The van der Waals surface area contributed by atoms with Crippen LogP contribution in [0.3, 0.4) is 0 Å². The number of nitrogens with zero attached hydrogens (tertiary/aromatic N) is 4. The molecular formula is C22H21N5S. The molecule has 0 spiro atoms. The van der Waals surface area contributed by atoms with Crippen LogP contribution in [-0.2, 0) is 0 Å². The Hall–Kier alpha value is -2.99. The van der Waals surface area contributed by atoms with E-state index in [0.717, 1.165) is 57.7 Å². The van der Waals surface area contributed by atoms with Gasteiger partial charge >= 0.3 is 0 Å². The SMILES string of the molecule is Cc1nc(-c2ccc(Nc3nc4ccccc4nc3N3CCCC3)cc2)cs1. The molecule has 140 valence electrons. The molecule has 6 heteroatoms. The Kier molecular flexibility index (Phi) is 4.41. The molecule has 0 atom stereocenters. The molecule has 0 aliphatic carbocycles. The highest BCUT2D eigenvalue weighted by Gasteiger charge is 2.19. The second-order valence-electron chi connectivity index (χ2n) is 7.03. The summed E-state index contributed by atoms with van der Waals surface area (Å²) in [5.74, 6) is 1.76. The molecule has 1 saturated heterocycles. The lowest BCUT2D eigenvalue weighted by atomic mass is 10.1. The Morgan fingerprint density at radius 2 is 1.61 bits per heavy atom. The molecule has 0 saturated carbocycles. The topological polar surface area (TPSA) is 53.9 Å². The third-order valence-corrected chi connectivity index (χ3v) is 5.79. The second kappa shape index (κ2) is 7.20. The molecule has 2 aromatic heterocycles. The van der Waals surface area contributed by atoms with E-state index >= 15 is 0 Å². The number of rotatable bonds is 4. The lowest BCUT2D eigenvalue weighted by Gasteiger charge is -2.20. The van der Waals surface area contributed by atoms with Crippen LogP contribution in [0, 0.1) is 6.92 Å². The number of anilines is 3. The van der Waals surface area contributed by atoms with E-state index in [-0.39, 0.29) is 0 Å². The predicted molar refractivity (Wildman–Crippen MR) is 117 cm³/mol. The Morgan fingerprint density at radius 1 is 0.893 bits per heavy atom. The van der Waals surface area contributed by atoms with Gasteiger partial charge in [0.2, 0.25) is 0 Å². The minimum absolute atomic E-state index is 0.817. The van der Waals surface area contributed by atoms with E-state index in [9.17, 15) is 0 Å². The van der Waals surface area contributed by atoms with E-state index in [0.29, 0.717) is 0 Å². The van der Waals surface area contributed by atoms with Crippen LogP contribution in [0.25, 0.3) is 22.3 Å². The molecule has 1 aliphatic heterocycles. The zero-order valence-electron chi connectivity index (χ0n) is 15.7. The predicted octanol–water partition coefficient (Wildman–Crippen LogP) is 5.41. The van der Waals surface area contributed by atoms with Crippen molar-refractivity contribution in [3.8, 4) is 11.3 Å². The molecule has 1 aliphatic rings. The summed E-state index contributed by atoms with van der Waals surface area (Å²) >= 11 is 1.67. The van der Waals surface area contributed by atoms with E-state index in [1.54, 1.807) is 11.3 Å². The first-order valence-corrected chi connectivity index (χ1v) is 10.5. The number of nitrogens with one attached hydrogen (secondary N) is 1. The van der Waals surface area contributed by atoms with Crippen LogP contribution in [0.5, 0.6) is 0 Å². The molecule has 0 amide bonds. The Balaban J connectivity index is 1.49. The van der Waals surface area contributed by atoms with Gasteiger partial charge in [-0.05, 0) is 44.0 Å². The molecule has 1 fully saturated rings. The number of para-hydroxylation sites is 2. The van der Waals surface area contributed by atoms with Crippen LogP contribution in [0.4, 0.5) is 17.3 Å².